The number of hydrogen-bond acceptors (Lipinski definition) is 3. The molecule has 2 aromatic heterocycles. The molecule has 1 atom stereocenters. The van der Waals surface area contributed by atoms with E-state index < -0.39 is 0 Å². The van der Waals surface area contributed by atoms with Gasteiger partial charge in [0.1, 0.15) is 0 Å². The summed E-state index contributed by atoms with van der Waals surface area (Å²) < 4.78 is 1.79. The number of rotatable bonds is 5. The third-order valence-electron chi connectivity index (χ3n) is 2.82. The first-order chi connectivity index (χ1) is 9.63. The molecular weight excluding hydrogens is 254 g/mol. The molecule has 0 saturated carbocycles. The molecule has 20 heavy (non-hydrogen) atoms. The molecule has 0 aliphatic rings. The Kier molecular flexibility index (Phi) is 4.70. The first-order valence-corrected chi connectivity index (χ1v) is 6.57. The monoisotopic (exact) mass is 273 g/mol. The van der Waals surface area contributed by atoms with Crippen LogP contribution in [0, 0.1) is 6.92 Å². The van der Waals surface area contributed by atoms with Crippen LogP contribution in [0.15, 0.2) is 36.8 Å². The molecule has 2 amide bonds. The summed E-state index contributed by atoms with van der Waals surface area (Å²) in [5.41, 5.74) is 1.94. The van der Waals surface area contributed by atoms with Crippen LogP contribution in [0.4, 0.5) is 4.79 Å². The number of carbonyl (C=O) groups excluding carboxylic acids is 1. The number of aromatic nitrogens is 3. The van der Waals surface area contributed by atoms with Crippen LogP contribution in [-0.2, 0) is 13.1 Å². The van der Waals surface area contributed by atoms with E-state index in [2.05, 4.69) is 20.7 Å². The largest absolute Gasteiger partial charge is 0.334 e. The Morgan fingerprint density at radius 2 is 2.30 bits per heavy atom. The molecule has 2 rings (SSSR count). The summed E-state index contributed by atoms with van der Waals surface area (Å²) in [6.07, 6.45) is 5.36. The molecule has 0 radical (unpaired) electrons. The van der Waals surface area contributed by atoms with Crippen molar-refractivity contribution in [3.05, 3.63) is 48.0 Å². The van der Waals surface area contributed by atoms with E-state index in [1.807, 2.05) is 38.2 Å². The van der Waals surface area contributed by atoms with Gasteiger partial charge in [-0.2, -0.15) is 5.10 Å². The maximum atomic E-state index is 11.7. The predicted molar refractivity (Wildman–Crippen MR) is 76.0 cm³/mol. The number of aryl methyl sites for hydroxylation is 1. The Morgan fingerprint density at radius 1 is 1.45 bits per heavy atom. The van der Waals surface area contributed by atoms with Crippen LogP contribution < -0.4 is 10.6 Å². The smallest absolute Gasteiger partial charge is 0.315 e. The average molecular weight is 273 g/mol. The maximum Gasteiger partial charge on any atom is 0.315 e. The van der Waals surface area contributed by atoms with E-state index in [9.17, 15) is 4.79 Å². The fourth-order valence-electron chi connectivity index (χ4n) is 1.79. The Morgan fingerprint density at radius 3 is 2.95 bits per heavy atom. The van der Waals surface area contributed by atoms with Crippen LogP contribution >= 0.6 is 0 Å². The zero-order valence-corrected chi connectivity index (χ0v) is 11.7. The van der Waals surface area contributed by atoms with E-state index in [4.69, 9.17) is 0 Å². The van der Waals surface area contributed by atoms with Gasteiger partial charge in [-0.15, -0.1) is 0 Å². The summed E-state index contributed by atoms with van der Waals surface area (Å²) >= 11 is 0. The molecule has 6 nitrogen and oxygen atoms in total. The summed E-state index contributed by atoms with van der Waals surface area (Å²) in [7, 11) is 0. The second kappa shape index (κ2) is 6.70. The number of carbonyl (C=O) groups is 1. The fraction of sp³-hybridized carbons (Fsp3) is 0.357. The van der Waals surface area contributed by atoms with Crippen molar-refractivity contribution >= 4 is 6.03 Å². The van der Waals surface area contributed by atoms with Crippen LogP contribution in [0.2, 0.25) is 0 Å². The van der Waals surface area contributed by atoms with Crippen molar-refractivity contribution in [2.24, 2.45) is 0 Å². The van der Waals surface area contributed by atoms with Crippen molar-refractivity contribution in [2.45, 2.75) is 33.0 Å². The maximum absolute atomic E-state index is 11.7. The minimum atomic E-state index is -0.190. The third-order valence-corrected chi connectivity index (χ3v) is 2.82. The molecule has 106 valence electrons. The Hall–Kier alpha value is -2.37. The molecule has 0 saturated heterocycles. The summed E-state index contributed by atoms with van der Waals surface area (Å²) in [5, 5.41) is 9.78. The second-order valence-electron chi connectivity index (χ2n) is 4.76. The fourth-order valence-corrected chi connectivity index (χ4v) is 1.79. The van der Waals surface area contributed by atoms with Crippen LogP contribution in [0.3, 0.4) is 0 Å². The molecule has 0 bridgehead atoms. The van der Waals surface area contributed by atoms with Gasteiger partial charge in [-0.05, 0) is 31.5 Å². The minimum Gasteiger partial charge on any atom is -0.334 e. The Labute approximate surface area is 118 Å². The first kappa shape index (κ1) is 14.0. The number of urea groups is 1. The van der Waals surface area contributed by atoms with E-state index in [1.165, 1.54) is 0 Å². The number of pyridine rings is 1. The highest BCUT2D eigenvalue weighted by molar-refractivity contribution is 5.74. The quantitative estimate of drug-likeness (QED) is 0.866. The van der Waals surface area contributed by atoms with Gasteiger partial charge in [0, 0.05) is 36.9 Å². The molecule has 0 fully saturated rings. The van der Waals surface area contributed by atoms with Gasteiger partial charge >= 0.3 is 6.03 Å². The van der Waals surface area contributed by atoms with Gasteiger partial charge in [-0.1, -0.05) is 6.07 Å². The summed E-state index contributed by atoms with van der Waals surface area (Å²) in [6.45, 7) is 4.98. The van der Waals surface area contributed by atoms with Gasteiger partial charge in [-0.25, -0.2) is 4.79 Å². The molecule has 6 heteroatoms. The van der Waals surface area contributed by atoms with Gasteiger partial charge in [0.05, 0.1) is 6.54 Å². The normalized spacial score (nSPS) is 11.9. The number of nitrogens with one attached hydrogen (secondary N) is 2. The van der Waals surface area contributed by atoms with Gasteiger partial charge in [0.25, 0.3) is 0 Å². The second-order valence-corrected chi connectivity index (χ2v) is 4.76. The molecular formula is C14H19N5O. The summed E-state index contributed by atoms with van der Waals surface area (Å²) in [6, 6.07) is 5.55. The van der Waals surface area contributed by atoms with Crippen molar-refractivity contribution in [3.63, 3.8) is 0 Å². The summed E-state index contributed by atoms with van der Waals surface area (Å²) in [5.74, 6) is 0. The van der Waals surface area contributed by atoms with E-state index in [-0.39, 0.29) is 12.1 Å². The lowest BCUT2D eigenvalue weighted by Crippen LogP contribution is -2.42. The lowest BCUT2D eigenvalue weighted by Gasteiger charge is -2.14. The van der Waals surface area contributed by atoms with Gasteiger partial charge < -0.3 is 10.6 Å². The Bertz CT molecular complexity index is 535. The predicted octanol–water partition coefficient (Wildman–Crippen LogP) is 1.47. The van der Waals surface area contributed by atoms with Crippen molar-refractivity contribution in [2.75, 3.05) is 0 Å². The number of amides is 2. The topological polar surface area (TPSA) is 71.8 Å². The number of nitrogens with zero attached hydrogens (tertiary/aromatic N) is 3. The molecule has 2 N–H and O–H groups in total. The minimum absolute atomic E-state index is 0.00560. The van der Waals surface area contributed by atoms with E-state index in [1.54, 1.807) is 17.1 Å². The van der Waals surface area contributed by atoms with E-state index in [0.717, 1.165) is 11.3 Å². The zero-order chi connectivity index (χ0) is 14.4. The van der Waals surface area contributed by atoms with Gasteiger partial charge in [0.2, 0.25) is 0 Å². The standard InChI is InChI=1S/C14H19N5O/c1-11-4-5-13(8-15-11)9-16-14(20)18-12(2)10-19-7-3-6-17-19/h3-8,12H,9-10H2,1-2H3,(H2,16,18,20)/t12-/m0/s1. The van der Waals surface area contributed by atoms with Gasteiger partial charge in [0.15, 0.2) is 0 Å². The van der Waals surface area contributed by atoms with Crippen LogP contribution in [0.25, 0.3) is 0 Å². The molecule has 0 spiro atoms. The van der Waals surface area contributed by atoms with E-state index >= 15 is 0 Å². The molecule has 2 aromatic rings. The highest BCUT2D eigenvalue weighted by Gasteiger charge is 2.07. The molecule has 0 aromatic carbocycles. The highest BCUT2D eigenvalue weighted by Crippen LogP contribution is 1.98. The van der Waals surface area contributed by atoms with Crippen molar-refractivity contribution < 1.29 is 4.79 Å². The average Bonchev–Trinajstić information content (AvgIpc) is 2.90. The number of hydrogen-bond donors (Lipinski definition) is 2. The lowest BCUT2D eigenvalue weighted by atomic mass is 10.2. The van der Waals surface area contributed by atoms with Crippen LogP contribution in [-0.4, -0.2) is 26.8 Å². The highest BCUT2D eigenvalue weighted by atomic mass is 16.2. The lowest BCUT2D eigenvalue weighted by molar-refractivity contribution is 0.235. The van der Waals surface area contributed by atoms with Crippen LogP contribution in [0.1, 0.15) is 18.2 Å². The molecule has 0 unspecified atom stereocenters. The zero-order valence-electron chi connectivity index (χ0n) is 11.7. The van der Waals surface area contributed by atoms with Crippen molar-refractivity contribution in [1.82, 2.24) is 25.4 Å². The summed E-state index contributed by atoms with van der Waals surface area (Å²) in [4.78, 5) is 15.9. The van der Waals surface area contributed by atoms with E-state index in [0.29, 0.717) is 13.1 Å². The Balaban J connectivity index is 1.73. The first-order valence-electron chi connectivity index (χ1n) is 6.57. The molecule has 0 aliphatic heterocycles. The molecule has 2 heterocycles. The van der Waals surface area contributed by atoms with Gasteiger partial charge in [-0.3, -0.25) is 9.67 Å². The van der Waals surface area contributed by atoms with Crippen LogP contribution in [0.5, 0.6) is 0 Å². The van der Waals surface area contributed by atoms with Crippen molar-refractivity contribution in [1.29, 1.82) is 0 Å². The molecule has 0 aliphatic carbocycles. The third kappa shape index (κ3) is 4.38. The van der Waals surface area contributed by atoms with Crippen molar-refractivity contribution in [3.8, 4) is 0 Å². The SMILES string of the molecule is Cc1ccc(CNC(=O)N[C@@H](C)Cn2cccn2)cn1.